The number of nitrogens with one attached hydrogen (secondary N) is 1. The van der Waals surface area contributed by atoms with Gasteiger partial charge >= 0.3 is 0 Å². The van der Waals surface area contributed by atoms with E-state index < -0.39 is 0 Å². The van der Waals surface area contributed by atoms with E-state index in [2.05, 4.69) is 17.2 Å². The summed E-state index contributed by atoms with van der Waals surface area (Å²) in [5.41, 5.74) is 1.10. The fraction of sp³-hybridized carbons (Fsp3) is 0.385. The summed E-state index contributed by atoms with van der Waals surface area (Å²) in [4.78, 5) is 0. The second-order valence-electron chi connectivity index (χ2n) is 3.68. The highest BCUT2D eigenvalue weighted by atomic mass is 14.9. The van der Waals surface area contributed by atoms with Gasteiger partial charge in [0.1, 0.15) is 0 Å². The molecule has 0 bridgehead atoms. The lowest BCUT2D eigenvalue weighted by Crippen LogP contribution is -2.35. The van der Waals surface area contributed by atoms with Crippen molar-refractivity contribution in [3.05, 3.63) is 35.9 Å². The molecule has 14 heavy (non-hydrogen) atoms. The van der Waals surface area contributed by atoms with E-state index in [0.717, 1.165) is 18.2 Å². The summed E-state index contributed by atoms with van der Waals surface area (Å²) in [6.07, 6.45) is 4.03. The van der Waals surface area contributed by atoms with Gasteiger partial charge in [-0.15, -0.1) is 0 Å². The fourth-order valence-electron chi connectivity index (χ4n) is 1.48. The van der Waals surface area contributed by atoms with Crippen LogP contribution in [0.3, 0.4) is 0 Å². The molecule has 0 spiro atoms. The summed E-state index contributed by atoms with van der Waals surface area (Å²) < 4.78 is 0. The molecular formula is C13H15N. The Bertz CT molecular complexity index is 327. The van der Waals surface area contributed by atoms with E-state index in [9.17, 15) is 0 Å². The summed E-state index contributed by atoms with van der Waals surface area (Å²) in [6.45, 7) is 0.819. The van der Waals surface area contributed by atoms with Crippen LogP contribution in [0, 0.1) is 11.8 Å². The van der Waals surface area contributed by atoms with Crippen LogP contribution in [0.25, 0.3) is 0 Å². The Kier molecular flexibility index (Phi) is 3.21. The minimum Gasteiger partial charge on any atom is -0.303 e. The predicted molar refractivity (Wildman–Crippen MR) is 59.0 cm³/mol. The number of benzene rings is 1. The second-order valence-corrected chi connectivity index (χ2v) is 3.68. The molecule has 0 saturated heterocycles. The van der Waals surface area contributed by atoms with Gasteiger partial charge in [0, 0.05) is 11.6 Å². The first-order chi connectivity index (χ1) is 6.95. The van der Waals surface area contributed by atoms with E-state index >= 15 is 0 Å². The predicted octanol–water partition coefficient (Wildman–Crippen LogP) is 2.18. The third-order valence-electron chi connectivity index (χ3n) is 2.59. The molecule has 72 valence electrons. The van der Waals surface area contributed by atoms with Gasteiger partial charge < -0.3 is 5.32 Å². The first kappa shape index (κ1) is 9.30. The molecule has 0 atom stereocenters. The molecule has 1 nitrogen and oxygen atoms in total. The van der Waals surface area contributed by atoms with Crippen molar-refractivity contribution in [1.29, 1.82) is 0 Å². The molecule has 0 heterocycles. The van der Waals surface area contributed by atoms with E-state index in [-0.39, 0.29) is 0 Å². The lowest BCUT2D eigenvalue weighted by Gasteiger charge is -2.25. The van der Waals surface area contributed by atoms with Crippen molar-refractivity contribution in [2.75, 3.05) is 6.54 Å². The van der Waals surface area contributed by atoms with Gasteiger partial charge in [0.25, 0.3) is 0 Å². The molecular weight excluding hydrogens is 170 g/mol. The monoisotopic (exact) mass is 185 g/mol. The van der Waals surface area contributed by atoms with Crippen molar-refractivity contribution in [3.8, 4) is 11.8 Å². The summed E-state index contributed by atoms with van der Waals surface area (Å²) >= 11 is 0. The molecule has 2 rings (SSSR count). The number of hydrogen-bond donors (Lipinski definition) is 1. The SMILES string of the molecule is C(#Cc1ccccc1)CNC1CCC1. The van der Waals surface area contributed by atoms with Gasteiger partial charge in [0.05, 0.1) is 6.54 Å². The second kappa shape index (κ2) is 4.83. The third kappa shape index (κ3) is 2.61. The highest BCUT2D eigenvalue weighted by molar-refractivity contribution is 5.33. The van der Waals surface area contributed by atoms with Gasteiger partial charge in [0.15, 0.2) is 0 Å². The van der Waals surface area contributed by atoms with E-state index in [0.29, 0.717) is 0 Å². The minimum atomic E-state index is 0.736. The van der Waals surface area contributed by atoms with Crippen LogP contribution in [0.15, 0.2) is 30.3 Å². The van der Waals surface area contributed by atoms with Gasteiger partial charge in [-0.2, -0.15) is 0 Å². The maximum absolute atomic E-state index is 3.42. The van der Waals surface area contributed by atoms with Gasteiger partial charge in [-0.05, 0) is 25.0 Å². The van der Waals surface area contributed by atoms with Crippen LogP contribution in [0.4, 0.5) is 0 Å². The van der Waals surface area contributed by atoms with E-state index in [4.69, 9.17) is 0 Å². The van der Waals surface area contributed by atoms with Crippen molar-refractivity contribution < 1.29 is 0 Å². The Hall–Kier alpha value is -1.26. The normalized spacial score (nSPS) is 15.4. The Morgan fingerprint density at radius 3 is 2.64 bits per heavy atom. The summed E-state index contributed by atoms with van der Waals surface area (Å²) in [7, 11) is 0. The van der Waals surface area contributed by atoms with Crippen LogP contribution in [-0.2, 0) is 0 Å². The Morgan fingerprint density at radius 1 is 1.21 bits per heavy atom. The highest BCUT2D eigenvalue weighted by Crippen LogP contribution is 2.17. The third-order valence-corrected chi connectivity index (χ3v) is 2.59. The first-order valence-electron chi connectivity index (χ1n) is 5.22. The quantitative estimate of drug-likeness (QED) is 0.696. The molecule has 0 unspecified atom stereocenters. The maximum Gasteiger partial charge on any atom is 0.0582 e. The molecule has 0 radical (unpaired) electrons. The highest BCUT2D eigenvalue weighted by Gasteiger charge is 2.14. The van der Waals surface area contributed by atoms with E-state index in [1.165, 1.54) is 19.3 Å². The van der Waals surface area contributed by atoms with E-state index in [1.54, 1.807) is 0 Å². The topological polar surface area (TPSA) is 12.0 Å². The molecule has 1 aliphatic carbocycles. The van der Waals surface area contributed by atoms with Crippen LogP contribution in [0.1, 0.15) is 24.8 Å². The van der Waals surface area contributed by atoms with E-state index in [1.807, 2.05) is 30.3 Å². The first-order valence-corrected chi connectivity index (χ1v) is 5.22. The molecule has 1 heteroatoms. The van der Waals surface area contributed by atoms with Crippen LogP contribution < -0.4 is 5.32 Å². The average Bonchev–Trinajstić information content (AvgIpc) is 2.16. The molecule has 1 aromatic carbocycles. The zero-order valence-corrected chi connectivity index (χ0v) is 8.29. The van der Waals surface area contributed by atoms with Crippen molar-refractivity contribution in [1.82, 2.24) is 5.32 Å². The van der Waals surface area contributed by atoms with Crippen LogP contribution in [-0.4, -0.2) is 12.6 Å². The zero-order chi connectivity index (χ0) is 9.64. The molecule has 1 fully saturated rings. The Labute approximate surface area is 85.5 Å². The van der Waals surface area contributed by atoms with Crippen LogP contribution in [0.5, 0.6) is 0 Å². The van der Waals surface area contributed by atoms with Crippen molar-refractivity contribution in [2.24, 2.45) is 0 Å². The Balaban J connectivity index is 1.76. The number of hydrogen-bond acceptors (Lipinski definition) is 1. The molecule has 1 aromatic rings. The lowest BCUT2D eigenvalue weighted by atomic mass is 9.93. The van der Waals surface area contributed by atoms with Crippen molar-refractivity contribution in [2.45, 2.75) is 25.3 Å². The molecule has 0 aromatic heterocycles. The molecule has 1 aliphatic rings. The van der Waals surface area contributed by atoms with Gasteiger partial charge in [-0.25, -0.2) is 0 Å². The molecule has 1 N–H and O–H groups in total. The summed E-state index contributed by atoms with van der Waals surface area (Å²) in [5, 5.41) is 3.42. The minimum absolute atomic E-state index is 0.736. The fourth-order valence-corrected chi connectivity index (χ4v) is 1.48. The van der Waals surface area contributed by atoms with Gasteiger partial charge in [-0.1, -0.05) is 36.5 Å². The Morgan fingerprint density at radius 2 is 2.00 bits per heavy atom. The summed E-state index contributed by atoms with van der Waals surface area (Å²) in [5.74, 6) is 6.28. The van der Waals surface area contributed by atoms with Gasteiger partial charge in [-0.3, -0.25) is 0 Å². The van der Waals surface area contributed by atoms with Crippen molar-refractivity contribution >= 4 is 0 Å². The van der Waals surface area contributed by atoms with Crippen LogP contribution >= 0.6 is 0 Å². The lowest BCUT2D eigenvalue weighted by molar-refractivity contribution is 0.353. The molecule has 1 saturated carbocycles. The smallest absolute Gasteiger partial charge is 0.0582 e. The van der Waals surface area contributed by atoms with Crippen molar-refractivity contribution in [3.63, 3.8) is 0 Å². The largest absolute Gasteiger partial charge is 0.303 e. The maximum atomic E-state index is 3.42. The van der Waals surface area contributed by atoms with Gasteiger partial charge in [0.2, 0.25) is 0 Å². The standard InChI is InChI=1S/C13H15N/c1-2-6-12(7-3-1)8-5-11-14-13-9-4-10-13/h1-3,6-7,13-14H,4,9-11H2. The molecule has 0 aliphatic heterocycles. The van der Waals surface area contributed by atoms with Crippen LogP contribution in [0.2, 0.25) is 0 Å². The number of rotatable bonds is 2. The molecule has 0 amide bonds. The zero-order valence-electron chi connectivity index (χ0n) is 8.29. The summed E-state index contributed by atoms with van der Waals surface area (Å²) in [6, 6.07) is 10.9. The average molecular weight is 185 g/mol.